The molecule has 0 bridgehead atoms. The van der Waals surface area contributed by atoms with Gasteiger partial charge in [0.05, 0.1) is 22.3 Å². The molecule has 0 radical (unpaired) electrons. The van der Waals surface area contributed by atoms with E-state index in [1.54, 1.807) is 0 Å². The molecule has 0 atom stereocenters. The number of hydrogen-bond donors (Lipinski definition) is 1. The predicted molar refractivity (Wildman–Crippen MR) is 252 cm³/mol. The predicted octanol–water partition coefficient (Wildman–Crippen LogP) is 15.0. The Bertz CT molecular complexity index is 3270. The Hall–Kier alpha value is -7.24. The van der Waals surface area contributed by atoms with Crippen molar-refractivity contribution in [2.45, 2.75) is 52.4 Å². The van der Waals surface area contributed by atoms with Crippen molar-refractivity contribution < 1.29 is 9.52 Å². The fourth-order valence-electron chi connectivity index (χ4n) is 8.67. The molecule has 5 nitrogen and oxygen atoms in total. The van der Waals surface area contributed by atoms with Crippen LogP contribution in [-0.4, -0.2) is 19.6 Å². The first-order chi connectivity index (χ1) is 29.4. The SMILES string of the molecule is CC(C)(C)c1cc(-c2nc3c(-c4cc(-c5ccccc5)cc(-c5nccc6c5oc5ccccc56)c4)cccc3n2-c2ccccc2-c2ccccc2)c(O)c(C(C)(C)C)c1. The lowest BCUT2D eigenvalue weighted by atomic mass is 9.79. The number of hydrogen-bond acceptors (Lipinski definition) is 4. The van der Waals surface area contributed by atoms with Crippen LogP contribution in [0.25, 0.3) is 94.7 Å². The normalized spacial score (nSPS) is 12.2. The van der Waals surface area contributed by atoms with Crippen LogP contribution in [0.4, 0.5) is 0 Å². The zero-order valence-corrected chi connectivity index (χ0v) is 35.4. The minimum Gasteiger partial charge on any atom is -0.507 e. The van der Waals surface area contributed by atoms with Gasteiger partial charge in [0.2, 0.25) is 0 Å². The summed E-state index contributed by atoms with van der Waals surface area (Å²) in [5.41, 5.74) is 14.5. The van der Waals surface area contributed by atoms with Gasteiger partial charge in [-0.05, 0) is 87.2 Å². The molecule has 7 aromatic carbocycles. The smallest absolute Gasteiger partial charge is 0.161 e. The molecule has 0 aliphatic carbocycles. The molecule has 0 unspecified atom stereocenters. The molecule has 0 saturated heterocycles. The number of nitrogens with zero attached hydrogens (tertiary/aromatic N) is 3. The highest BCUT2D eigenvalue weighted by Gasteiger charge is 2.29. The monoisotopic (exact) mass is 793 g/mol. The molecule has 10 rings (SSSR count). The maximum atomic E-state index is 12.4. The van der Waals surface area contributed by atoms with Crippen LogP contribution in [0.1, 0.15) is 52.7 Å². The summed E-state index contributed by atoms with van der Waals surface area (Å²) < 4.78 is 8.78. The lowest BCUT2D eigenvalue weighted by molar-refractivity contribution is 0.446. The van der Waals surface area contributed by atoms with E-state index >= 15 is 0 Å². The minimum atomic E-state index is -0.324. The number of pyridine rings is 1. The number of benzene rings is 7. The second kappa shape index (κ2) is 14.5. The number of phenols is 1. The van der Waals surface area contributed by atoms with Gasteiger partial charge in [-0.2, -0.15) is 0 Å². The first kappa shape index (κ1) is 38.0. The number of furan rings is 1. The maximum Gasteiger partial charge on any atom is 0.161 e. The second-order valence-electron chi connectivity index (χ2n) is 18.0. The summed E-state index contributed by atoms with van der Waals surface area (Å²) in [5, 5.41) is 14.5. The first-order valence-electron chi connectivity index (χ1n) is 21.0. The average Bonchev–Trinajstić information content (AvgIpc) is 3.85. The molecule has 0 aliphatic heterocycles. The van der Waals surface area contributed by atoms with Crippen LogP contribution in [0, 0.1) is 0 Å². The molecular weight excluding hydrogens is 747 g/mol. The molecular formula is C56H47N3O2. The van der Waals surface area contributed by atoms with Gasteiger partial charge in [0.15, 0.2) is 5.58 Å². The van der Waals surface area contributed by atoms with Gasteiger partial charge in [-0.1, -0.05) is 157 Å². The zero-order chi connectivity index (χ0) is 42.0. The zero-order valence-electron chi connectivity index (χ0n) is 35.4. The maximum absolute atomic E-state index is 12.4. The molecule has 0 fully saturated rings. The van der Waals surface area contributed by atoms with Crippen LogP contribution < -0.4 is 0 Å². The molecule has 5 heteroatoms. The van der Waals surface area contributed by atoms with Crippen molar-refractivity contribution in [2.75, 3.05) is 0 Å². The van der Waals surface area contributed by atoms with Crippen molar-refractivity contribution in [3.63, 3.8) is 0 Å². The van der Waals surface area contributed by atoms with Crippen LogP contribution in [0.5, 0.6) is 5.75 Å². The van der Waals surface area contributed by atoms with Gasteiger partial charge in [0.1, 0.15) is 22.9 Å². The van der Waals surface area contributed by atoms with E-state index in [0.717, 1.165) is 94.4 Å². The van der Waals surface area contributed by atoms with E-state index in [-0.39, 0.29) is 16.6 Å². The molecule has 3 heterocycles. The van der Waals surface area contributed by atoms with Crippen molar-refractivity contribution in [1.29, 1.82) is 0 Å². The van der Waals surface area contributed by atoms with E-state index in [1.807, 2.05) is 42.6 Å². The third kappa shape index (κ3) is 6.67. The number of fused-ring (bicyclic) bond motifs is 4. The van der Waals surface area contributed by atoms with Gasteiger partial charge in [-0.15, -0.1) is 0 Å². The molecule has 3 aromatic heterocycles. The van der Waals surface area contributed by atoms with E-state index in [2.05, 4.69) is 174 Å². The number of aromatic hydroxyl groups is 1. The Morgan fingerprint density at radius 3 is 1.93 bits per heavy atom. The third-order valence-electron chi connectivity index (χ3n) is 11.9. The Morgan fingerprint density at radius 1 is 0.525 bits per heavy atom. The third-order valence-corrected chi connectivity index (χ3v) is 11.9. The summed E-state index contributed by atoms with van der Waals surface area (Å²) in [6, 6.07) is 57.0. The largest absolute Gasteiger partial charge is 0.507 e. The molecule has 61 heavy (non-hydrogen) atoms. The molecule has 1 N–H and O–H groups in total. The van der Waals surface area contributed by atoms with Crippen molar-refractivity contribution in [3.8, 4) is 67.5 Å². The van der Waals surface area contributed by atoms with Gasteiger partial charge in [-0.25, -0.2) is 4.98 Å². The lowest BCUT2D eigenvalue weighted by Crippen LogP contribution is -2.17. The van der Waals surface area contributed by atoms with E-state index < -0.39 is 0 Å². The number of para-hydroxylation sites is 3. The summed E-state index contributed by atoms with van der Waals surface area (Å²) in [6.45, 7) is 13.1. The van der Waals surface area contributed by atoms with E-state index in [9.17, 15) is 5.11 Å². The van der Waals surface area contributed by atoms with Crippen molar-refractivity contribution >= 4 is 33.0 Å². The Kier molecular flexibility index (Phi) is 9.03. The summed E-state index contributed by atoms with van der Waals surface area (Å²) in [6.07, 6.45) is 1.87. The molecule has 0 amide bonds. The Labute approximate surface area is 356 Å². The molecule has 10 aromatic rings. The summed E-state index contributed by atoms with van der Waals surface area (Å²) in [7, 11) is 0. The van der Waals surface area contributed by atoms with Gasteiger partial charge in [0.25, 0.3) is 0 Å². The summed E-state index contributed by atoms with van der Waals surface area (Å²) in [5.74, 6) is 0.919. The first-order valence-corrected chi connectivity index (χ1v) is 21.0. The molecule has 0 spiro atoms. The number of phenolic OH excluding ortho intramolecular Hbond substituents is 1. The highest BCUT2D eigenvalue weighted by atomic mass is 16.3. The van der Waals surface area contributed by atoms with Crippen molar-refractivity contribution in [3.05, 3.63) is 181 Å². The second-order valence-corrected chi connectivity index (χ2v) is 18.0. The Morgan fingerprint density at radius 2 is 1.18 bits per heavy atom. The minimum absolute atomic E-state index is 0.183. The molecule has 0 saturated carbocycles. The van der Waals surface area contributed by atoms with Gasteiger partial charge < -0.3 is 9.52 Å². The topological polar surface area (TPSA) is 64.1 Å². The highest BCUT2D eigenvalue weighted by Crippen LogP contribution is 2.46. The van der Waals surface area contributed by atoms with Crippen LogP contribution in [0.15, 0.2) is 174 Å². The fourth-order valence-corrected chi connectivity index (χ4v) is 8.67. The Balaban J connectivity index is 1.29. The van der Waals surface area contributed by atoms with Gasteiger partial charge >= 0.3 is 0 Å². The van der Waals surface area contributed by atoms with Crippen LogP contribution in [-0.2, 0) is 10.8 Å². The highest BCUT2D eigenvalue weighted by molar-refractivity contribution is 6.09. The molecule has 298 valence electrons. The standard InChI is InChI=1S/C56H47N3O2/c1-55(2,3)40-33-45(52(60)46(34-40)56(4,5)6)54-58-51-42(24-17-26-48(51)59(54)47-25-15-13-22-41(47)36-20-11-8-12-21-36)38-30-37(35-18-9-7-10-19-35)31-39(32-38)50-53-44(28-29-57-50)43-23-14-16-27-49(43)61-53/h7-34,60H,1-6H3. The summed E-state index contributed by atoms with van der Waals surface area (Å²) >= 11 is 0. The van der Waals surface area contributed by atoms with Crippen LogP contribution in [0.3, 0.4) is 0 Å². The van der Waals surface area contributed by atoms with Crippen molar-refractivity contribution in [1.82, 2.24) is 14.5 Å². The van der Waals surface area contributed by atoms with E-state index in [1.165, 1.54) is 0 Å². The van der Waals surface area contributed by atoms with Crippen LogP contribution >= 0.6 is 0 Å². The van der Waals surface area contributed by atoms with Gasteiger partial charge in [-0.3, -0.25) is 9.55 Å². The van der Waals surface area contributed by atoms with Gasteiger partial charge in [0, 0.05) is 39.2 Å². The van der Waals surface area contributed by atoms with E-state index in [4.69, 9.17) is 14.4 Å². The number of rotatable bonds is 6. The number of imidazole rings is 1. The van der Waals surface area contributed by atoms with E-state index in [0.29, 0.717) is 11.4 Å². The van der Waals surface area contributed by atoms with Crippen molar-refractivity contribution in [2.24, 2.45) is 0 Å². The quantitative estimate of drug-likeness (QED) is 0.182. The number of aromatic nitrogens is 3. The fraction of sp³-hybridized carbons (Fsp3) is 0.143. The van der Waals surface area contributed by atoms with Crippen LogP contribution in [0.2, 0.25) is 0 Å². The lowest BCUT2D eigenvalue weighted by Gasteiger charge is -2.27. The average molecular weight is 794 g/mol. The molecule has 0 aliphatic rings. The summed E-state index contributed by atoms with van der Waals surface area (Å²) in [4.78, 5) is 10.6.